The van der Waals surface area contributed by atoms with Crippen molar-refractivity contribution < 1.29 is 4.79 Å². The molecule has 1 unspecified atom stereocenters. The lowest BCUT2D eigenvalue weighted by Gasteiger charge is -2.36. The predicted octanol–water partition coefficient (Wildman–Crippen LogP) is 2.75. The SMILES string of the molecule is Cc1cccc(N2CCN(CCCNC(=O)C3CCCN3c3nccs3)CC2)c1. The van der Waals surface area contributed by atoms with E-state index < -0.39 is 0 Å². The molecule has 2 saturated heterocycles. The third kappa shape index (κ3) is 5.08. The number of aromatic nitrogens is 1. The topological polar surface area (TPSA) is 51.7 Å². The van der Waals surface area contributed by atoms with Crippen molar-refractivity contribution in [2.24, 2.45) is 0 Å². The van der Waals surface area contributed by atoms with Gasteiger partial charge in [0.2, 0.25) is 5.91 Å². The lowest BCUT2D eigenvalue weighted by Crippen LogP contribution is -2.47. The molecule has 1 amide bonds. The molecule has 29 heavy (non-hydrogen) atoms. The van der Waals surface area contributed by atoms with Gasteiger partial charge in [-0.05, 0) is 50.4 Å². The molecule has 1 N–H and O–H groups in total. The van der Waals surface area contributed by atoms with E-state index in [0.29, 0.717) is 0 Å². The molecule has 0 saturated carbocycles. The fourth-order valence-electron chi connectivity index (χ4n) is 4.31. The van der Waals surface area contributed by atoms with Crippen molar-refractivity contribution in [3.8, 4) is 0 Å². The van der Waals surface area contributed by atoms with Gasteiger partial charge in [-0.25, -0.2) is 4.98 Å². The van der Waals surface area contributed by atoms with E-state index in [-0.39, 0.29) is 11.9 Å². The van der Waals surface area contributed by atoms with Crippen LogP contribution in [0.4, 0.5) is 10.8 Å². The highest BCUT2D eigenvalue weighted by atomic mass is 32.1. The van der Waals surface area contributed by atoms with Crippen molar-refractivity contribution in [1.82, 2.24) is 15.2 Å². The number of rotatable bonds is 7. The summed E-state index contributed by atoms with van der Waals surface area (Å²) in [5.41, 5.74) is 2.65. The number of aryl methyl sites for hydroxylation is 1. The Kier molecular flexibility index (Phi) is 6.67. The zero-order chi connectivity index (χ0) is 20.1. The Bertz CT molecular complexity index is 788. The molecule has 6 nitrogen and oxygen atoms in total. The van der Waals surface area contributed by atoms with Gasteiger partial charge < -0.3 is 15.1 Å². The van der Waals surface area contributed by atoms with Gasteiger partial charge in [0.05, 0.1) is 0 Å². The smallest absolute Gasteiger partial charge is 0.242 e. The quantitative estimate of drug-likeness (QED) is 0.708. The maximum Gasteiger partial charge on any atom is 0.242 e. The number of carbonyl (C=O) groups is 1. The van der Waals surface area contributed by atoms with Gasteiger partial charge in [0.1, 0.15) is 6.04 Å². The number of thiazole rings is 1. The number of hydrogen-bond acceptors (Lipinski definition) is 6. The number of anilines is 2. The maximum atomic E-state index is 12.6. The maximum absolute atomic E-state index is 12.6. The Hall–Kier alpha value is -2.12. The van der Waals surface area contributed by atoms with Gasteiger partial charge >= 0.3 is 0 Å². The van der Waals surface area contributed by atoms with Gasteiger partial charge in [-0.15, -0.1) is 11.3 Å². The molecular weight excluding hydrogens is 382 g/mol. The highest BCUT2D eigenvalue weighted by Crippen LogP contribution is 2.27. The number of benzene rings is 1. The zero-order valence-corrected chi connectivity index (χ0v) is 18.0. The van der Waals surface area contributed by atoms with Gasteiger partial charge in [-0.1, -0.05) is 12.1 Å². The zero-order valence-electron chi connectivity index (χ0n) is 17.2. The first-order valence-corrected chi connectivity index (χ1v) is 11.6. The third-order valence-corrected chi connectivity index (χ3v) is 6.72. The monoisotopic (exact) mass is 413 g/mol. The second-order valence-electron chi connectivity index (χ2n) is 7.98. The largest absolute Gasteiger partial charge is 0.369 e. The third-order valence-electron chi connectivity index (χ3n) is 5.91. The minimum atomic E-state index is -0.0565. The summed E-state index contributed by atoms with van der Waals surface area (Å²) < 4.78 is 0. The normalized spacial score (nSPS) is 20.2. The van der Waals surface area contributed by atoms with Gasteiger partial charge in [0.25, 0.3) is 0 Å². The van der Waals surface area contributed by atoms with Crippen LogP contribution in [0.3, 0.4) is 0 Å². The summed E-state index contributed by atoms with van der Waals surface area (Å²) >= 11 is 1.61. The Morgan fingerprint density at radius 1 is 1.24 bits per heavy atom. The second-order valence-corrected chi connectivity index (χ2v) is 8.85. The van der Waals surface area contributed by atoms with Crippen LogP contribution in [0.5, 0.6) is 0 Å². The first-order valence-electron chi connectivity index (χ1n) is 10.7. The fraction of sp³-hybridized carbons (Fsp3) is 0.545. The number of piperazine rings is 1. The van der Waals surface area contributed by atoms with Gasteiger partial charge in [-0.3, -0.25) is 9.69 Å². The van der Waals surface area contributed by atoms with E-state index >= 15 is 0 Å². The van der Waals surface area contributed by atoms with Crippen LogP contribution >= 0.6 is 11.3 Å². The summed E-state index contributed by atoms with van der Waals surface area (Å²) in [6.45, 7) is 9.18. The molecule has 0 aliphatic carbocycles. The fourth-order valence-corrected chi connectivity index (χ4v) is 5.03. The Balaban J connectivity index is 1.15. The standard InChI is InChI=1S/C22H31N5OS/c1-18-5-2-6-19(17-18)26-14-12-25(13-15-26)10-4-8-23-21(28)20-7-3-11-27(20)22-24-9-16-29-22/h2,5-6,9,16-17,20H,3-4,7-8,10-15H2,1H3,(H,23,28). The highest BCUT2D eigenvalue weighted by molar-refractivity contribution is 7.13. The number of nitrogens with zero attached hydrogens (tertiary/aromatic N) is 4. The summed E-state index contributed by atoms with van der Waals surface area (Å²) in [6, 6.07) is 8.70. The average Bonchev–Trinajstić information content (AvgIpc) is 3.43. The van der Waals surface area contributed by atoms with E-state index in [1.54, 1.807) is 11.3 Å². The van der Waals surface area contributed by atoms with Crippen molar-refractivity contribution in [2.45, 2.75) is 32.2 Å². The van der Waals surface area contributed by atoms with E-state index in [1.165, 1.54) is 11.3 Å². The summed E-state index contributed by atoms with van der Waals surface area (Å²) in [5.74, 6) is 0.155. The molecule has 0 bridgehead atoms. The van der Waals surface area contributed by atoms with Crippen LogP contribution in [0.15, 0.2) is 35.8 Å². The molecule has 1 aromatic carbocycles. The summed E-state index contributed by atoms with van der Waals surface area (Å²) in [7, 11) is 0. The number of nitrogens with one attached hydrogen (secondary N) is 1. The summed E-state index contributed by atoms with van der Waals surface area (Å²) in [5, 5.41) is 6.10. The number of amides is 1. The van der Waals surface area contributed by atoms with E-state index in [2.05, 4.69) is 56.2 Å². The molecular formula is C22H31N5OS. The van der Waals surface area contributed by atoms with Crippen molar-refractivity contribution in [2.75, 3.05) is 55.6 Å². The molecule has 7 heteroatoms. The Morgan fingerprint density at radius 2 is 2.10 bits per heavy atom. The van der Waals surface area contributed by atoms with Gasteiger partial charge in [0.15, 0.2) is 5.13 Å². The van der Waals surface area contributed by atoms with Crippen LogP contribution in [-0.4, -0.2) is 67.6 Å². The van der Waals surface area contributed by atoms with Crippen molar-refractivity contribution in [3.63, 3.8) is 0 Å². The summed E-state index contributed by atoms with van der Waals surface area (Å²) in [6.07, 6.45) is 4.79. The molecule has 2 aliphatic rings. The first kappa shape index (κ1) is 20.2. The first-order chi connectivity index (χ1) is 14.2. The van der Waals surface area contributed by atoms with E-state index in [1.807, 2.05) is 11.6 Å². The Morgan fingerprint density at radius 3 is 2.86 bits per heavy atom. The number of carbonyl (C=O) groups excluding carboxylic acids is 1. The molecule has 2 aromatic rings. The molecule has 2 fully saturated rings. The second kappa shape index (κ2) is 9.59. The van der Waals surface area contributed by atoms with E-state index in [4.69, 9.17) is 0 Å². The molecule has 1 atom stereocenters. The lowest BCUT2D eigenvalue weighted by atomic mass is 10.2. The minimum Gasteiger partial charge on any atom is -0.369 e. The van der Waals surface area contributed by atoms with Crippen LogP contribution in [0.25, 0.3) is 0 Å². The van der Waals surface area contributed by atoms with Crippen LogP contribution in [-0.2, 0) is 4.79 Å². The summed E-state index contributed by atoms with van der Waals surface area (Å²) in [4.78, 5) is 24.1. The van der Waals surface area contributed by atoms with E-state index in [0.717, 1.165) is 70.2 Å². The predicted molar refractivity (Wildman–Crippen MR) is 120 cm³/mol. The van der Waals surface area contributed by atoms with Crippen LogP contribution in [0, 0.1) is 6.92 Å². The van der Waals surface area contributed by atoms with Crippen LogP contribution in [0.2, 0.25) is 0 Å². The molecule has 4 rings (SSSR count). The minimum absolute atomic E-state index is 0.0565. The number of hydrogen-bond donors (Lipinski definition) is 1. The van der Waals surface area contributed by atoms with Crippen molar-refractivity contribution >= 4 is 28.1 Å². The van der Waals surface area contributed by atoms with Gasteiger partial charge in [0, 0.05) is 56.5 Å². The Labute approximate surface area is 177 Å². The molecule has 3 heterocycles. The van der Waals surface area contributed by atoms with Crippen molar-refractivity contribution in [3.05, 3.63) is 41.4 Å². The average molecular weight is 414 g/mol. The van der Waals surface area contributed by atoms with Crippen LogP contribution < -0.4 is 15.1 Å². The molecule has 156 valence electrons. The molecule has 0 radical (unpaired) electrons. The lowest BCUT2D eigenvalue weighted by molar-refractivity contribution is -0.122. The van der Waals surface area contributed by atoms with Gasteiger partial charge in [-0.2, -0.15) is 0 Å². The molecule has 1 aromatic heterocycles. The molecule has 0 spiro atoms. The highest BCUT2D eigenvalue weighted by Gasteiger charge is 2.31. The van der Waals surface area contributed by atoms with E-state index in [9.17, 15) is 4.79 Å². The van der Waals surface area contributed by atoms with Crippen LogP contribution in [0.1, 0.15) is 24.8 Å². The molecule has 2 aliphatic heterocycles. The van der Waals surface area contributed by atoms with Crippen molar-refractivity contribution in [1.29, 1.82) is 0 Å².